The lowest BCUT2D eigenvalue weighted by Gasteiger charge is -2.31. The predicted molar refractivity (Wildman–Crippen MR) is 72.4 cm³/mol. The van der Waals surface area contributed by atoms with E-state index >= 15 is 0 Å². The van der Waals surface area contributed by atoms with Crippen molar-refractivity contribution in [1.82, 2.24) is 15.1 Å². The number of hydrogen-bond donors (Lipinski definition) is 2. The number of aryl methyl sites for hydroxylation is 2. The number of piperidine rings is 1. The van der Waals surface area contributed by atoms with Gasteiger partial charge in [-0.2, -0.15) is 5.10 Å². The molecule has 0 aliphatic carbocycles. The molecule has 1 aromatic rings. The van der Waals surface area contributed by atoms with Crippen LogP contribution in [-0.4, -0.2) is 33.1 Å². The average Bonchev–Trinajstić information content (AvgIpc) is 2.74. The van der Waals surface area contributed by atoms with Crippen LogP contribution in [0.15, 0.2) is 12.4 Å². The summed E-state index contributed by atoms with van der Waals surface area (Å²) in [6.45, 7) is 3.06. The van der Waals surface area contributed by atoms with Gasteiger partial charge in [-0.1, -0.05) is 6.42 Å². The Morgan fingerprint density at radius 2 is 2.39 bits per heavy atom. The molecule has 1 aliphatic heterocycles. The second-order valence-corrected chi connectivity index (χ2v) is 5.87. The molecule has 1 aliphatic rings. The fraction of sp³-hybridized carbons (Fsp3) is 0.786. The molecule has 4 heteroatoms. The number of hydrogen-bond acceptors (Lipinski definition) is 3. The Labute approximate surface area is 109 Å². The molecule has 0 bridgehead atoms. The van der Waals surface area contributed by atoms with E-state index in [-0.39, 0.29) is 0 Å². The Morgan fingerprint density at radius 3 is 3.00 bits per heavy atom. The molecular formula is C14H25N3O. The largest absolute Gasteiger partial charge is 0.390 e. The van der Waals surface area contributed by atoms with Crippen molar-refractivity contribution < 1.29 is 5.11 Å². The van der Waals surface area contributed by atoms with Gasteiger partial charge in [0.2, 0.25) is 0 Å². The van der Waals surface area contributed by atoms with Crippen LogP contribution in [0.4, 0.5) is 0 Å². The van der Waals surface area contributed by atoms with E-state index in [0.29, 0.717) is 6.04 Å². The maximum absolute atomic E-state index is 10.5. The van der Waals surface area contributed by atoms with Crippen LogP contribution in [0.5, 0.6) is 0 Å². The van der Waals surface area contributed by atoms with Crippen LogP contribution < -0.4 is 5.32 Å². The van der Waals surface area contributed by atoms with Crippen LogP contribution in [0.2, 0.25) is 0 Å². The minimum atomic E-state index is -0.579. The van der Waals surface area contributed by atoms with Crippen molar-refractivity contribution in [3.8, 4) is 0 Å². The highest BCUT2D eigenvalue weighted by Gasteiger charge is 2.26. The zero-order valence-electron chi connectivity index (χ0n) is 11.5. The molecule has 2 unspecified atom stereocenters. The molecule has 2 heterocycles. The Hall–Kier alpha value is -0.870. The smallest absolute Gasteiger partial charge is 0.0637 e. The first-order valence-electron chi connectivity index (χ1n) is 6.98. The van der Waals surface area contributed by atoms with Crippen molar-refractivity contribution in [2.45, 2.75) is 57.1 Å². The van der Waals surface area contributed by atoms with Crippen molar-refractivity contribution in [1.29, 1.82) is 0 Å². The van der Waals surface area contributed by atoms with Gasteiger partial charge in [0.15, 0.2) is 0 Å². The number of nitrogens with zero attached hydrogens (tertiary/aromatic N) is 2. The molecule has 0 saturated carbocycles. The highest BCUT2D eigenvalue weighted by molar-refractivity contribution is 5.04. The summed E-state index contributed by atoms with van der Waals surface area (Å²) in [5.41, 5.74) is 0.625. The van der Waals surface area contributed by atoms with Crippen LogP contribution in [-0.2, 0) is 13.5 Å². The van der Waals surface area contributed by atoms with E-state index in [1.165, 1.54) is 24.8 Å². The highest BCUT2D eigenvalue weighted by atomic mass is 16.3. The fourth-order valence-corrected chi connectivity index (χ4v) is 2.75. The van der Waals surface area contributed by atoms with Gasteiger partial charge in [-0.15, -0.1) is 0 Å². The highest BCUT2D eigenvalue weighted by Crippen LogP contribution is 2.23. The van der Waals surface area contributed by atoms with Gasteiger partial charge in [0.25, 0.3) is 0 Å². The molecule has 18 heavy (non-hydrogen) atoms. The first-order valence-corrected chi connectivity index (χ1v) is 6.98. The number of aromatic nitrogens is 2. The summed E-state index contributed by atoms with van der Waals surface area (Å²) >= 11 is 0. The van der Waals surface area contributed by atoms with Gasteiger partial charge in [0.1, 0.15) is 0 Å². The first kappa shape index (κ1) is 13.6. The van der Waals surface area contributed by atoms with Crippen LogP contribution in [0.3, 0.4) is 0 Å². The van der Waals surface area contributed by atoms with E-state index in [4.69, 9.17) is 0 Å². The summed E-state index contributed by atoms with van der Waals surface area (Å²) in [7, 11) is 1.92. The Kier molecular flexibility index (Phi) is 4.40. The van der Waals surface area contributed by atoms with Crippen molar-refractivity contribution >= 4 is 0 Å². The molecular weight excluding hydrogens is 226 g/mol. The summed E-state index contributed by atoms with van der Waals surface area (Å²) in [5, 5.41) is 18.1. The molecule has 2 N–H and O–H groups in total. The second-order valence-electron chi connectivity index (χ2n) is 5.87. The molecule has 1 aromatic heterocycles. The van der Waals surface area contributed by atoms with Gasteiger partial charge in [0, 0.05) is 19.3 Å². The molecule has 0 radical (unpaired) electrons. The van der Waals surface area contributed by atoms with Crippen molar-refractivity contribution in [3.05, 3.63) is 18.0 Å². The minimum Gasteiger partial charge on any atom is -0.390 e. The number of rotatable bonds is 5. The summed E-state index contributed by atoms with van der Waals surface area (Å²) < 4.78 is 1.81. The molecule has 102 valence electrons. The Bertz CT molecular complexity index is 367. The van der Waals surface area contributed by atoms with Crippen LogP contribution in [0.1, 0.15) is 44.6 Å². The van der Waals surface area contributed by atoms with Gasteiger partial charge in [0.05, 0.1) is 11.8 Å². The summed E-state index contributed by atoms with van der Waals surface area (Å²) in [4.78, 5) is 0. The molecule has 1 saturated heterocycles. The third-order valence-corrected chi connectivity index (χ3v) is 3.81. The Balaban J connectivity index is 1.79. The topological polar surface area (TPSA) is 50.1 Å². The molecule has 0 aromatic carbocycles. The number of aliphatic hydroxyl groups is 1. The van der Waals surface area contributed by atoms with E-state index in [1.54, 1.807) is 0 Å². The summed E-state index contributed by atoms with van der Waals surface area (Å²) in [6, 6.07) is 0.489. The van der Waals surface area contributed by atoms with Gasteiger partial charge in [-0.05, 0) is 51.1 Å². The fourth-order valence-electron chi connectivity index (χ4n) is 2.75. The summed E-state index contributed by atoms with van der Waals surface area (Å²) in [6.07, 6.45) is 10.2. The molecule has 1 fully saturated rings. The quantitative estimate of drug-likeness (QED) is 0.836. The molecule has 0 amide bonds. The normalized spacial score (nSPS) is 23.8. The van der Waals surface area contributed by atoms with Crippen LogP contribution >= 0.6 is 0 Å². The predicted octanol–water partition coefficient (Wildman–Crippen LogP) is 1.64. The standard InChI is InChI=1S/C14H25N3O/c1-14(18,9-13-5-3-4-8-15-13)7-6-12-10-16-17(2)11-12/h10-11,13,15,18H,3-9H2,1-2H3. The molecule has 2 atom stereocenters. The van der Waals surface area contributed by atoms with Crippen LogP contribution in [0, 0.1) is 0 Å². The van der Waals surface area contributed by atoms with Gasteiger partial charge >= 0.3 is 0 Å². The van der Waals surface area contributed by atoms with Gasteiger partial charge < -0.3 is 10.4 Å². The Morgan fingerprint density at radius 1 is 1.56 bits per heavy atom. The number of nitrogens with one attached hydrogen (secondary N) is 1. The lowest BCUT2D eigenvalue weighted by molar-refractivity contribution is 0.0288. The SMILES string of the molecule is Cn1cc(CCC(C)(O)CC2CCCCN2)cn1. The van der Waals surface area contributed by atoms with Gasteiger partial charge in [-0.3, -0.25) is 4.68 Å². The summed E-state index contributed by atoms with van der Waals surface area (Å²) in [5.74, 6) is 0. The average molecular weight is 251 g/mol. The van der Waals surface area contributed by atoms with E-state index in [2.05, 4.69) is 10.4 Å². The zero-order valence-corrected chi connectivity index (χ0v) is 11.5. The minimum absolute atomic E-state index is 0.489. The monoisotopic (exact) mass is 251 g/mol. The lowest BCUT2D eigenvalue weighted by Crippen LogP contribution is -2.41. The van der Waals surface area contributed by atoms with E-state index in [1.807, 2.05) is 31.0 Å². The molecule has 4 nitrogen and oxygen atoms in total. The maximum Gasteiger partial charge on any atom is 0.0637 e. The van der Waals surface area contributed by atoms with E-state index in [9.17, 15) is 5.11 Å². The third-order valence-electron chi connectivity index (χ3n) is 3.81. The van der Waals surface area contributed by atoms with E-state index in [0.717, 1.165) is 25.8 Å². The second kappa shape index (κ2) is 5.85. The van der Waals surface area contributed by atoms with Crippen LogP contribution in [0.25, 0.3) is 0 Å². The molecule has 0 spiro atoms. The van der Waals surface area contributed by atoms with E-state index < -0.39 is 5.60 Å². The van der Waals surface area contributed by atoms with Gasteiger partial charge in [-0.25, -0.2) is 0 Å². The van der Waals surface area contributed by atoms with Crippen molar-refractivity contribution in [2.24, 2.45) is 7.05 Å². The third kappa shape index (κ3) is 4.10. The first-order chi connectivity index (χ1) is 8.55. The zero-order chi connectivity index (χ0) is 13.0. The van der Waals surface area contributed by atoms with Crippen molar-refractivity contribution in [3.63, 3.8) is 0 Å². The molecule has 2 rings (SSSR count). The lowest BCUT2D eigenvalue weighted by atomic mass is 9.88. The van der Waals surface area contributed by atoms with Crippen molar-refractivity contribution in [2.75, 3.05) is 6.54 Å². The maximum atomic E-state index is 10.5.